The van der Waals surface area contributed by atoms with Crippen LogP contribution in [0.5, 0.6) is 0 Å². The highest BCUT2D eigenvalue weighted by Crippen LogP contribution is 2.47. The molecule has 7 heteroatoms. The van der Waals surface area contributed by atoms with E-state index in [1.165, 1.54) is 18.4 Å². The number of nitrogens with one attached hydrogen (secondary N) is 3. The number of aliphatic imine (C=N–C) groups is 1. The number of hydrogen-bond acceptors (Lipinski definition) is 3. The van der Waals surface area contributed by atoms with Gasteiger partial charge in [0, 0.05) is 25.2 Å². The SMILES string of the molecule is CN=C(NCC(=O)Nc1cccnc1)NCC1(c2ccccc2)CC1.I. The molecule has 26 heavy (non-hydrogen) atoms. The number of halogens is 1. The van der Waals surface area contributed by atoms with Crippen LogP contribution in [0.15, 0.2) is 59.9 Å². The Labute approximate surface area is 170 Å². The molecule has 1 aromatic heterocycles. The number of benzene rings is 1. The van der Waals surface area contributed by atoms with Crippen LogP contribution < -0.4 is 16.0 Å². The van der Waals surface area contributed by atoms with Crippen molar-refractivity contribution in [3.8, 4) is 0 Å². The summed E-state index contributed by atoms with van der Waals surface area (Å²) in [5, 5.41) is 9.17. The maximum absolute atomic E-state index is 12.0. The number of aromatic nitrogens is 1. The molecule has 0 radical (unpaired) electrons. The summed E-state index contributed by atoms with van der Waals surface area (Å²) in [5.74, 6) is 0.490. The van der Waals surface area contributed by atoms with Gasteiger partial charge in [-0.1, -0.05) is 30.3 Å². The third-order valence-electron chi connectivity index (χ3n) is 4.42. The van der Waals surface area contributed by atoms with Crippen LogP contribution in [0.4, 0.5) is 5.69 Å². The molecule has 6 nitrogen and oxygen atoms in total. The first kappa shape index (κ1) is 20.2. The number of pyridine rings is 1. The molecule has 0 aliphatic heterocycles. The number of nitrogens with zero attached hydrogens (tertiary/aromatic N) is 2. The van der Waals surface area contributed by atoms with Gasteiger partial charge >= 0.3 is 0 Å². The van der Waals surface area contributed by atoms with Crippen molar-refractivity contribution in [3.05, 3.63) is 60.4 Å². The van der Waals surface area contributed by atoms with Gasteiger partial charge in [0.25, 0.3) is 0 Å². The van der Waals surface area contributed by atoms with E-state index in [1.807, 2.05) is 6.07 Å². The molecule has 1 fully saturated rings. The van der Waals surface area contributed by atoms with Crippen molar-refractivity contribution in [2.24, 2.45) is 4.99 Å². The van der Waals surface area contributed by atoms with E-state index in [2.05, 4.69) is 50.2 Å². The lowest BCUT2D eigenvalue weighted by molar-refractivity contribution is -0.115. The van der Waals surface area contributed by atoms with Crippen molar-refractivity contribution in [1.82, 2.24) is 15.6 Å². The number of amides is 1. The first-order valence-corrected chi connectivity index (χ1v) is 8.42. The van der Waals surface area contributed by atoms with Crippen molar-refractivity contribution in [1.29, 1.82) is 0 Å². The van der Waals surface area contributed by atoms with Crippen molar-refractivity contribution in [3.63, 3.8) is 0 Å². The molecule has 0 atom stereocenters. The second-order valence-electron chi connectivity index (χ2n) is 6.22. The van der Waals surface area contributed by atoms with E-state index in [0.29, 0.717) is 11.6 Å². The second-order valence-corrected chi connectivity index (χ2v) is 6.22. The van der Waals surface area contributed by atoms with Gasteiger partial charge in [0.2, 0.25) is 5.91 Å². The van der Waals surface area contributed by atoms with Gasteiger partial charge in [0.15, 0.2) is 5.96 Å². The average molecular weight is 465 g/mol. The quantitative estimate of drug-likeness (QED) is 0.348. The van der Waals surface area contributed by atoms with Crippen LogP contribution >= 0.6 is 24.0 Å². The van der Waals surface area contributed by atoms with Crippen LogP contribution in [0.1, 0.15) is 18.4 Å². The molecule has 0 spiro atoms. The van der Waals surface area contributed by atoms with E-state index in [-0.39, 0.29) is 41.8 Å². The number of hydrogen-bond donors (Lipinski definition) is 3. The van der Waals surface area contributed by atoms with E-state index in [9.17, 15) is 4.79 Å². The second kappa shape index (κ2) is 9.51. The molecule has 1 amide bonds. The summed E-state index contributed by atoms with van der Waals surface area (Å²) in [6.07, 6.45) is 5.62. The third kappa shape index (κ3) is 5.42. The summed E-state index contributed by atoms with van der Waals surface area (Å²) in [5.41, 5.74) is 2.22. The summed E-state index contributed by atoms with van der Waals surface area (Å²) in [6.45, 7) is 0.952. The van der Waals surface area contributed by atoms with E-state index in [1.54, 1.807) is 31.6 Å². The molecule has 1 aliphatic carbocycles. The average Bonchev–Trinajstić information content (AvgIpc) is 3.45. The van der Waals surface area contributed by atoms with Gasteiger partial charge in [-0.25, -0.2) is 0 Å². The molecule has 0 bridgehead atoms. The summed E-state index contributed by atoms with van der Waals surface area (Å²) in [6, 6.07) is 14.1. The standard InChI is InChI=1S/C19H23N5O.HI/c1-20-18(22-13-17(25)24-16-8-5-11-21-12-16)23-14-19(9-10-19)15-6-3-2-4-7-15;/h2-8,11-12H,9-10,13-14H2,1H3,(H,24,25)(H2,20,22,23);1H. The summed E-state index contributed by atoms with van der Waals surface area (Å²) >= 11 is 0. The van der Waals surface area contributed by atoms with E-state index in [4.69, 9.17) is 0 Å². The van der Waals surface area contributed by atoms with Crippen molar-refractivity contribution >= 4 is 41.5 Å². The third-order valence-corrected chi connectivity index (χ3v) is 4.42. The molecule has 1 heterocycles. The van der Waals surface area contributed by atoms with Crippen LogP contribution in [0.3, 0.4) is 0 Å². The lowest BCUT2D eigenvalue weighted by Crippen LogP contribution is -2.44. The fraction of sp³-hybridized carbons (Fsp3) is 0.316. The predicted molar refractivity (Wildman–Crippen MR) is 115 cm³/mol. The molecule has 3 rings (SSSR count). The number of anilines is 1. The van der Waals surface area contributed by atoms with Crippen molar-refractivity contribution in [2.45, 2.75) is 18.3 Å². The smallest absolute Gasteiger partial charge is 0.243 e. The fourth-order valence-corrected chi connectivity index (χ4v) is 2.79. The minimum Gasteiger partial charge on any atom is -0.356 e. The largest absolute Gasteiger partial charge is 0.356 e. The van der Waals surface area contributed by atoms with E-state index >= 15 is 0 Å². The first-order chi connectivity index (χ1) is 12.2. The van der Waals surface area contributed by atoms with Gasteiger partial charge in [-0.05, 0) is 30.5 Å². The number of carbonyl (C=O) groups excluding carboxylic acids is 1. The Morgan fingerprint density at radius 3 is 2.54 bits per heavy atom. The van der Waals surface area contributed by atoms with Gasteiger partial charge in [-0.15, -0.1) is 24.0 Å². The Kier molecular flexibility index (Phi) is 7.38. The normalized spacial score (nSPS) is 14.7. The Balaban J connectivity index is 0.00000243. The van der Waals surface area contributed by atoms with Crippen LogP contribution in [0.2, 0.25) is 0 Å². The van der Waals surface area contributed by atoms with Gasteiger partial charge in [0.05, 0.1) is 18.4 Å². The fourth-order valence-electron chi connectivity index (χ4n) is 2.79. The topological polar surface area (TPSA) is 78.4 Å². The molecule has 0 saturated heterocycles. The minimum absolute atomic E-state index is 0. The molecular weight excluding hydrogens is 441 g/mol. The highest BCUT2D eigenvalue weighted by atomic mass is 127. The van der Waals surface area contributed by atoms with Crippen LogP contribution in [0, 0.1) is 0 Å². The van der Waals surface area contributed by atoms with Gasteiger partial charge in [-0.3, -0.25) is 14.8 Å². The zero-order valence-corrected chi connectivity index (χ0v) is 17.1. The predicted octanol–water partition coefficient (Wildman–Crippen LogP) is 2.53. The van der Waals surface area contributed by atoms with Gasteiger partial charge in [0.1, 0.15) is 0 Å². The highest BCUT2D eigenvalue weighted by molar-refractivity contribution is 14.0. The summed E-state index contributed by atoms with van der Waals surface area (Å²) in [4.78, 5) is 20.1. The lowest BCUT2D eigenvalue weighted by Gasteiger charge is -2.19. The van der Waals surface area contributed by atoms with Crippen LogP contribution in [-0.2, 0) is 10.2 Å². The van der Waals surface area contributed by atoms with Gasteiger partial charge in [-0.2, -0.15) is 0 Å². The van der Waals surface area contributed by atoms with Crippen molar-refractivity contribution in [2.75, 3.05) is 25.5 Å². The Hall–Kier alpha value is -2.16. The highest BCUT2D eigenvalue weighted by Gasteiger charge is 2.43. The number of carbonyl (C=O) groups is 1. The van der Waals surface area contributed by atoms with Crippen LogP contribution in [-0.4, -0.2) is 37.0 Å². The molecule has 0 unspecified atom stereocenters. The summed E-state index contributed by atoms with van der Waals surface area (Å²) in [7, 11) is 1.70. The Bertz CT molecular complexity index is 732. The minimum atomic E-state index is -0.139. The zero-order valence-electron chi connectivity index (χ0n) is 14.7. The number of rotatable bonds is 6. The molecule has 2 aromatic rings. The van der Waals surface area contributed by atoms with Crippen molar-refractivity contribution < 1.29 is 4.79 Å². The van der Waals surface area contributed by atoms with Gasteiger partial charge < -0.3 is 16.0 Å². The summed E-state index contributed by atoms with van der Waals surface area (Å²) < 4.78 is 0. The Morgan fingerprint density at radius 1 is 1.15 bits per heavy atom. The molecular formula is C19H24IN5O. The molecule has 3 N–H and O–H groups in total. The monoisotopic (exact) mass is 465 g/mol. The molecule has 1 aliphatic rings. The first-order valence-electron chi connectivity index (χ1n) is 8.42. The number of guanidine groups is 1. The maximum atomic E-state index is 12.0. The molecule has 1 saturated carbocycles. The maximum Gasteiger partial charge on any atom is 0.243 e. The molecule has 138 valence electrons. The lowest BCUT2D eigenvalue weighted by atomic mass is 9.96. The Morgan fingerprint density at radius 2 is 1.92 bits per heavy atom. The zero-order chi connectivity index (χ0) is 17.5. The van der Waals surface area contributed by atoms with E-state index < -0.39 is 0 Å². The van der Waals surface area contributed by atoms with Crippen LogP contribution in [0.25, 0.3) is 0 Å². The molecule has 1 aromatic carbocycles. The van der Waals surface area contributed by atoms with E-state index in [0.717, 1.165) is 6.54 Å².